The molecule has 19 heavy (non-hydrogen) atoms. The van der Waals surface area contributed by atoms with E-state index in [4.69, 9.17) is 0 Å². The van der Waals surface area contributed by atoms with Crippen LogP contribution in [0.2, 0.25) is 0 Å². The van der Waals surface area contributed by atoms with Crippen LogP contribution in [0.4, 0.5) is 0 Å². The molecule has 1 amide bonds. The van der Waals surface area contributed by atoms with Crippen molar-refractivity contribution in [2.45, 2.75) is 76.0 Å². The highest BCUT2D eigenvalue weighted by molar-refractivity contribution is 5.81. The fraction of sp³-hybridized carbons (Fsp3) is 0.933. The van der Waals surface area contributed by atoms with Crippen molar-refractivity contribution in [2.75, 3.05) is 13.1 Å². The Balaban J connectivity index is 1.40. The van der Waals surface area contributed by atoms with Crippen molar-refractivity contribution in [3.8, 4) is 0 Å². The average Bonchev–Trinajstić information content (AvgIpc) is 2.92. The van der Waals surface area contributed by atoms with Crippen molar-refractivity contribution in [3.05, 3.63) is 0 Å². The van der Waals surface area contributed by atoms with E-state index in [1.54, 1.807) is 0 Å². The average molecular weight is 265 g/mol. The normalized spacial score (nSPS) is 30.7. The first-order valence-electron chi connectivity index (χ1n) is 8.03. The smallest absolute Gasteiger partial charge is 0.237 e. The lowest BCUT2D eigenvalue weighted by Gasteiger charge is -2.21. The van der Waals surface area contributed by atoms with Crippen LogP contribution < -0.4 is 10.6 Å². The Morgan fingerprint density at radius 3 is 2.53 bits per heavy atom. The van der Waals surface area contributed by atoms with E-state index < -0.39 is 0 Å². The van der Waals surface area contributed by atoms with Gasteiger partial charge in [0.25, 0.3) is 0 Å². The second-order valence-corrected chi connectivity index (χ2v) is 6.59. The zero-order chi connectivity index (χ0) is 13.2. The minimum atomic E-state index is -0.0512. The van der Waals surface area contributed by atoms with Gasteiger partial charge in [-0.1, -0.05) is 12.8 Å². The van der Waals surface area contributed by atoms with Crippen molar-refractivity contribution in [1.82, 2.24) is 15.5 Å². The standard InChI is InChI=1S/C15H27N3O/c1-11(15(19)17-12-4-2-3-5-12)16-13-8-9-18(10-13)14-6-7-14/h11-14,16H,2-10H2,1H3,(H,17,19). The Labute approximate surface area is 116 Å². The maximum Gasteiger partial charge on any atom is 0.237 e. The summed E-state index contributed by atoms with van der Waals surface area (Å²) < 4.78 is 0. The zero-order valence-electron chi connectivity index (χ0n) is 12.0. The summed E-state index contributed by atoms with van der Waals surface area (Å²) in [7, 11) is 0. The fourth-order valence-corrected chi connectivity index (χ4v) is 3.52. The van der Waals surface area contributed by atoms with Gasteiger partial charge in [-0.25, -0.2) is 0 Å². The first-order valence-corrected chi connectivity index (χ1v) is 8.03. The van der Waals surface area contributed by atoms with Gasteiger partial charge in [-0.15, -0.1) is 0 Å². The predicted octanol–water partition coefficient (Wildman–Crippen LogP) is 1.26. The molecule has 0 aromatic heterocycles. The number of likely N-dealkylation sites (tertiary alicyclic amines) is 1. The first-order chi connectivity index (χ1) is 9.22. The van der Waals surface area contributed by atoms with E-state index >= 15 is 0 Å². The molecule has 4 heteroatoms. The van der Waals surface area contributed by atoms with Crippen LogP contribution in [0.25, 0.3) is 0 Å². The SMILES string of the molecule is CC(NC1CCN(C2CC2)C1)C(=O)NC1CCCC1. The van der Waals surface area contributed by atoms with E-state index in [0.29, 0.717) is 12.1 Å². The highest BCUT2D eigenvalue weighted by atomic mass is 16.2. The van der Waals surface area contributed by atoms with E-state index in [2.05, 4.69) is 15.5 Å². The molecular weight excluding hydrogens is 238 g/mol. The summed E-state index contributed by atoms with van der Waals surface area (Å²) in [6.45, 7) is 4.34. The molecule has 0 spiro atoms. The molecule has 2 saturated carbocycles. The third kappa shape index (κ3) is 3.48. The van der Waals surface area contributed by atoms with Gasteiger partial charge in [-0.3, -0.25) is 9.69 Å². The number of nitrogens with zero attached hydrogens (tertiary/aromatic N) is 1. The Morgan fingerprint density at radius 2 is 1.84 bits per heavy atom. The minimum Gasteiger partial charge on any atom is -0.352 e. The largest absolute Gasteiger partial charge is 0.352 e. The lowest BCUT2D eigenvalue weighted by Crippen LogP contribution is -2.49. The molecule has 0 bridgehead atoms. The molecule has 0 aromatic carbocycles. The molecule has 3 aliphatic rings. The molecule has 0 radical (unpaired) electrons. The van der Waals surface area contributed by atoms with Crippen molar-refractivity contribution in [3.63, 3.8) is 0 Å². The predicted molar refractivity (Wildman–Crippen MR) is 76.0 cm³/mol. The maximum absolute atomic E-state index is 12.1. The van der Waals surface area contributed by atoms with Crippen molar-refractivity contribution < 1.29 is 4.79 Å². The van der Waals surface area contributed by atoms with Gasteiger partial charge in [-0.05, 0) is 39.0 Å². The van der Waals surface area contributed by atoms with Gasteiger partial charge in [0.05, 0.1) is 6.04 Å². The van der Waals surface area contributed by atoms with Gasteiger partial charge in [0.1, 0.15) is 0 Å². The number of amides is 1. The molecule has 108 valence electrons. The molecule has 2 unspecified atom stereocenters. The van der Waals surface area contributed by atoms with Crippen LogP contribution in [0.15, 0.2) is 0 Å². The Kier molecular flexibility index (Phi) is 4.08. The monoisotopic (exact) mass is 265 g/mol. The lowest BCUT2D eigenvalue weighted by molar-refractivity contribution is -0.123. The summed E-state index contributed by atoms with van der Waals surface area (Å²) in [6.07, 6.45) is 8.82. The summed E-state index contributed by atoms with van der Waals surface area (Å²) in [6, 6.07) is 1.74. The summed E-state index contributed by atoms with van der Waals surface area (Å²) in [5.74, 6) is 0.191. The van der Waals surface area contributed by atoms with Crippen LogP contribution in [0, 0.1) is 0 Å². The van der Waals surface area contributed by atoms with Gasteiger partial charge in [0.2, 0.25) is 5.91 Å². The molecule has 1 saturated heterocycles. The minimum absolute atomic E-state index is 0.0512. The van der Waals surface area contributed by atoms with Gasteiger partial charge < -0.3 is 10.6 Å². The van der Waals surface area contributed by atoms with Gasteiger partial charge in [0.15, 0.2) is 0 Å². The highest BCUT2D eigenvalue weighted by Gasteiger charge is 2.35. The van der Waals surface area contributed by atoms with Crippen LogP contribution in [0.3, 0.4) is 0 Å². The van der Waals surface area contributed by atoms with Crippen LogP contribution in [0.5, 0.6) is 0 Å². The Bertz CT molecular complexity index is 323. The molecule has 2 aliphatic carbocycles. The Morgan fingerprint density at radius 1 is 1.11 bits per heavy atom. The maximum atomic E-state index is 12.1. The zero-order valence-corrected chi connectivity index (χ0v) is 12.0. The number of rotatable bonds is 5. The second-order valence-electron chi connectivity index (χ2n) is 6.59. The second kappa shape index (κ2) is 5.80. The van der Waals surface area contributed by atoms with E-state index in [-0.39, 0.29) is 11.9 Å². The third-order valence-corrected chi connectivity index (χ3v) is 4.86. The Hall–Kier alpha value is -0.610. The third-order valence-electron chi connectivity index (χ3n) is 4.86. The molecule has 2 N–H and O–H groups in total. The van der Waals surface area contributed by atoms with E-state index in [0.717, 1.165) is 25.4 Å². The molecule has 0 aromatic rings. The molecule has 4 nitrogen and oxygen atoms in total. The first kappa shape index (κ1) is 13.4. The van der Waals surface area contributed by atoms with Crippen molar-refractivity contribution >= 4 is 5.91 Å². The van der Waals surface area contributed by atoms with Crippen LogP contribution in [-0.2, 0) is 4.79 Å². The number of carbonyl (C=O) groups is 1. The number of hydrogen-bond donors (Lipinski definition) is 2. The molecular formula is C15H27N3O. The van der Waals surface area contributed by atoms with E-state index in [1.807, 2.05) is 6.92 Å². The molecule has 1 aliphatic heterocycles. The molecule has 1 heterocycles. The van der Waals surface area contributed by atoms with Crippen molar-refractivity contribution in [2.24, 2.45) is 0 Å². The fourth-order valence-electron chi connectivity index (χ4n) is 3.52. The number of hydrogen-bond acceptors (Lipinski definition) is 3. The van der Waals surface area contributed by atoms with Crippen LogP contribution in [-0.4, -0.2) is 48.1 Å². The van der Waals surface area contributed by atoms with Crippen LogP contribution >= 0.6 is 0 Å². The summed E-state index contributed by atoms with van der Waals surface area (Å²) in [4.78, 5) is 14.7. The van der Waals surface area contributed by atoms with Crippen LogP contribution in [0.1, 0.15) is 51.9 Å². The topological polar surface area (TPSA) is 44.4 Å². The van der Waals surface area contributed by atoms with E-state index in [1.165, 1.54) is 38.6 Å². The molecule has 2 atom stereocenters. The highest BCUT2D eigenvalue weighted by Crippen LogP contribution is 2.29. The van der Waals surface area contributed by atoms with Gasteiger partial charge >= 0.3 is 0 Å². The summed E-state index contributed by atoms with van der Waals surface area (Å²) >= 11 is 0. The summed E-state index contributed by atoms with van der Waals surface area (Å²) in [5.41, 5.74) is 0. The number of nitrogens with one attached hydrogen (secondary N) is 2. The molecule has 3 rings (SSSR count). The molecule has 3 fully saturated rings. The van der Waals surface area contributed by atoms with Gasteiger partial charge in [-0.2, -0.15) is 0 Å². The number of carbonyl (C=O) groups excluding carboxylic acids is 1. The van der Waals surface area contributed by atoms with E-state index in [9.17, 15) is 4.79 Å². The lowest BCUT2D eigenvalue weighted by atomic mass is 10.2. The van der Waals surface area contributed by atoms with Crippen molar-refractivity contribution in [1.29, 1.82) is 0 Å². The summed E-state index contributed by atoms with van der Waals surface area (Å²) in [5, 5.41) is 6.70. The van der Waals surface area contributed by atoms with Gasteiger partial charge in [0, 0.05) is 31.2 Å². The quantitative estimate of drug-likeness (QED) is 0.786.